The fourth-order valence-corrected chi connectivity index (χ4v) is 3.04. The Labute approximate surface area is 161 Å². The molecule has 0 spiro atoms. The van der Waals surface area contributed by atoms with E-state index in [4.69, 9.17) is 4.74 Å². The van der Waals surface area contributed by atoms with E-state index in [1.165, 1.54) is 9.58 Å². The molecule has 150 valence electrons. The molecule has 0 atom stereocenters. The van der Waals surface area contributed by atoms with Crippen LogP contribution >= 0.6 is 0 Å². The molecule has 1 aliphatic rings. The number of aromatic nitrogens is 2. The molecule has 0 saturated heterocycles. The normalized spacial score (nSPS) is 13.9. The third-order valence-electron chi connectivity index (χ3n) is 4.24. The van der Waals surface area contributed by atoms with Gasteiger partial charge in [-0.05, 0) is 32.9 Å². The molecule has 0 unspecified atom stereocenters. The molecular formula is C19H22F2N4O3. The maximum absolute atomic E-state index is 13.9. The van der Waals surface area contributed by atoms with Gasteiger partial charge < -0.3 is 15.0 Å². The monoisotopic (exact) mass is 392 g/mol. The van der Waals surface area contributed by atoms with E-state index in [9.17, 15) is 18.4 Å². The van der Waals surface area contributed by atoms with Crippen LogP contribution in [-0.2, 0) is 24.8 Å². The van der Waals surface area contributed by atoms with E-state index in [-0.39, 0.29) is 17.9 Å². The Kier molecular flexibility index (Phi) is 5.10. The van der Waals surface area contributed by atoms with E-state index in [1.807, 2.05) is 0 Å². The summed E-state index contributed by atoms with van der Waals surface area (Å²) in [6.07, 6.45) is -0.00131. The minimum atomic E-state index is -0.875. The zero-order valence-electron chi connectivity index (χ0n) is 16.2. The minimum Gasteiger partial charge on any atom is -0.444 e. The molecule has 2 heterocycles. The van der Waals surface area contributed by atoms with Crippen LogP contribution < -0.4 is 5.32 Å². The predicted octanol–water partition coefficient (Wildman–Crippen LogP) is 3.24. The fourth-order valence-electron chi connectivity index (χ4n) is 3.04. The highest BCUT2D eigenvalue weighted by molar-refractivity contribution is 6.04. The molecule has 0 radical (unpaired) electrons. The summed E-state index contributed by atoms with van der Waals surface area (Å²) in [5.41, 5.74) is 0.729. The summed E-state index contributed by atoms with van der Waals surface area (Å²) in [6.45, 7) is 5.92. The van der Waals surface area contributed by atoms with Crippen LogP contribution in [0, 0.1) is 11.6 Å². The van der Waals surface area contributed by atoms with Crippen LogP contribution in [0.5, 0.6) is 0 Å². The van der Waals surface area contributed by atoms with Crippen LogP contribution in [0.1, 0.15) is 42.5 Å². The van der Waals surface area contributed by atoms with Crippen LogP contribution in [-0.4, -0.2) is 38.8 Å². The molecule has 9 heteroatoms. The molecule has 2 aromatic rings. The van der Waals surface area contributed by atoms with Gasteiger partial charge >= 0.3 is 6.09 Å². The number of anilines is 1. The number of rotatable bonds is 2. The predicted molar refractivity (Wildman–Crippen MR) is 97.9 cm³/mol. The molecule has 0 saturated carbocycles. The minimum absolute atomic E-state index is 0.138. The quantitative estimate of drug-likeness (QED) is 0.851. The molecule has 0 bridgehead atoms. The van der Waals surface area contributed by atoms with E-state index < -0.39 is 29.2 Å². The Hall–Kier alpha value is -2.97. The molecule has 1 N–H and O–H groups in total. The summed E-state index contributed by atoms with van der Waals surface area (Å²) in [6, 6.07) is 2.90. The van der Waals surface area contributed by atoms with E-state index in [0.29, 0.717) is 30.3 Å². The van der Waals surface area contributed by atoms with E-state index in [2.05, 4.69) is 10.4 Å². The molecule has 2 amide bonds. The Morgan fingerprint density at radius 3 is 2.61 bits per heavy atom. The number of benzene rings is 1. The lowest BCUT2D eigenvalue weighted by atomic mass is 10.1. The van der Waals surface area contributed by atoms with Crippen molar-refractivity contribution in [2.24, 2.45) is 7.05 Å². The SMILES string of the molecule is Cn1nc2c(c1C(=O)Nc1ccc(F)cc1F)CN(C(=O)OC(C)(C)C)CC2. The van der Waals surface area contributed by atoms with Crippen molar-refractivity contribution in [3.8, 4) is 0 Å². The van der Waals surface area contributed by atoms with Crippen molar-refractivity contribution in [3.05, 3.63) is 46.8 Å². The van der Waals surface area contributed by atoms with Crippen molar-refractivity contribution < 1.29 is 23.1 Å². The Bertz CT molecular complexity index is 934. The van der Waals surface area contributed by atoms with Gasteiger partial charge in [0.15, 0.2) is 0 Å². The second-order valence-corrected chi connectivity index (χ2v) is 7.63. The molecule has 0 fully saturated rings. The Balaban J connectivity index is 1.83. The highest BCUT2D eigenvalue weighted by Gasteiger charge is 2.31. The van der Waals surface area contributed by atoms with E-state index in [0.717, 1.165) is 12.1 Å². The third kappa shape index (κ3) is 4.13. The molecule has 1 aromatic carbocycles. The summed E-state index contributed by atoms with van der Waals surface area (Å²) < 4.78 is 33.7. The first-order chi connectivity index (χ1) is 13.0. The van der Waals surface area contributed by atoms with Gasteiger partial charge in [0.1, 0.15) is 22.9 Å². The number of carbonyl (C=O) groups excluding carboxylic acids is 2. The van der Waals surface area contributed by atoms with Gasteiger partial charge in [-0.3, -0.25) is 9.48 Å². The molecule has 3 rings (SSSR count). The van der Waals surface area contributed by atoms with Gasteiger partial charge in [-0.2, -0.15) is 5.10 Å². The molecule has 28 heavy (non-hydrogen) atoms. The number of nitrogens with one attached hydrogen (secondary N) is 1. The summed E-state index contributed by atoms with van der Waals surface area (Å²) >= 11 is 0. The molecular weight excluding hydrogens is 370 g/mol. The largest absolute Gasteiger partial charge is 0.444 e. The number of halogens is 2. The van der Waals surface area contributed by atoms with E-state index in [1.54, 1.807) is 27.8 Å². The van der Waals surface area contributed by atoms with Crippen molar-refractivity contribution >= 4 is 17.7 Å². The third-order valence-corrected chi connectivity index (χ3v) is 4.24. The number of fused-ring (bicyclic) bond motifs is 1. The first kappa shape index (κ1) is 19.8. The van der Waals surface area contributed by atoms with Crippen LogP contribution in [0.3, 0.4) is 0 Å². The van der Waals surface area contributed by atoms with Crippen LogP contribution in [0.15, 0.2) is 18.2 Å². The average Bonchev–Trinajstić information content (AvgIpc) is 2.90. The van der Waals surface area contributed by atoms with Crippen molar-refractivity contribution in [2.75, 3.05) is 11.9 Å². The van der Waals surface area contributed by atoms with Gasteiger partial charge in [-0.1, -0.05) is 0 Å². The molecule has 1 aliphatic heterocycles. The average molecular weight is 392 g/mol. The van der Waals surface area contributed by atoms with Crippen LogP contribution in [0.2, 0.25) is 0 Å². The van der Waals surface area contributed by atoms with Gasteiger partial charge in [0, 0.05) is 31.6 Å². The van der Waals surface area contributed by atoms with Crippen molar-refractivity contribution in [1.82, 2.24) is 14.7 Å². The van der Waals surface area contributed by atoms with Crippen molar-refractivity contribution in [3.63, 3.8) is 0 Å². The maximum Gasteiger partial charge on any atom is 0.410 e. The first-order valence-electron chi connectivity index (χ1n) is 8.84. The number of hydrogen-bond acceptors (Lipinski definition) is 4. The number of amides is 2. The molecule has 1 aromatic heterocycles. The first-order valence-corrected chi connectivity index (χ1v) is 8.84. The second kappa shape index (κ2) is 7.21. The highest BCUT2D eigenvalue weighted by Crippen LogP contribution is 2.25. The summed E-state index contributed by atoms with van der Waals surface area (Å²) in [5.74, 6) is -2.20. The van der Waals surface area contributed by atoms with Crippen LogP contribution in [0.25, 0.3) is 0 Å². The van der Waals surface area contributed by atoms with E-state index >= 15 is 0 Å². The Morgan fingerprint density at radius 1 is 1.25 bits per heavy atom. The van der Waals surface area contributed by atoms with Gasteiger partial charge in [-0.25, -0.2) is 13.6 Å². The number of carbonyl (C=O) groups is 2. The van der Waals surface area contributed by atoms with Crippen LogP contribution in [0.4, 0.5) is 19.3 Å². The maximum atomic E-state index is 13.9. The summed E-state index contributed by atoms with van der Waals surface area (Å²) in [7, 11) is 1.60. The summed E-state index contributed by atoms with van der Waals surface area (Å²) in [4.78, 5) is 26.6. The number of hydrogen-bond donors (Lipinski definition) is 1. The standard InChI is InChI=1S/C19H22F2N4O3/c1-19(2,3)28-18(27)25-8-7-14-12(10-25)16(24(4)23-14)17(26)22-15-6-5-11(20)9-13(15)21/h5-6,9H,7-8,10H2,1-4H3,(H,22,26). The van der Waals surface area contributed by atoms with Gasteiger partial charge in [0.25, 0.3) is 5.91 Å². The smallest absolute Gasteiger partial charge is 0.410 e. The lowest BCUT2D eigenvalue weighted by Gasteiger charge is -2.29. The highest BCUT2D eigenvalue weighted by atomic mass is 19.1. The number of nitrogens with zero attached hydrogens (tertiary/aromatic N) is 3. The van der Waals surface area contributed by atoms with Gasteiger partial charge in [-0.15, -0.1) is 0 Å². The van der Waals surface area contributed by atoms with Gasteiger partial charge in [0.05, 0.1) is 17.9 Å². The van der Waals surface area contributed by atoms with Gasteiger partial charge in [0.2, 0.25) is 0 Å². The molecule has 0 aliphatic carbocycles. The molecule has 7 nitrogen and oxygen atoms in total. The van der Waals surface area contributed by atoms with Crippen molar-refractivity contribution in [1.29, 1.82) is 0 Å². The van der Waals surface area contributed by atoms with Crippen molar-refractivity contribution in [2.45, 2.75) is 39.3 Å². The lowest BCUT2D eigenvalue weighted by molar-refractivity contribution is 0.0222. The topological polar surface area (TPSA) is 76.5 Å². The number of ether oxygens (including phenoxy) is 1. The second-order valence-electron chi connectivity index (χ2n) is 7.63. The number of aryl methyl sites for hydroxylation is 1. The zero-order valence-corrected chi connectivity index (χ0v) is 16.2. The zero-order chi connectivity index (χ0) is 20.6. The Morgan fingerprint density at radius 2 is 1.96 bits per heavy atom. The fraction of sp³-hybridized carbons (Fsp3) is 0.421. The lowest BCUT2D eigenvalue weighted by Crippen LogP contribution is -2.40. The summed E-state index contributed by atoms with van der Waals surface area (Å²) in [5, 5.41) is 6.78.